The smallest absolute Gasteiger partial charge is 0.261 e. The van der Waals surface area contributed by atoms with Gasteiger partial charge in [0.1, 0.15) is 11.6 Å². The molecule has 0 aliphatic rings. The molecule has 0 bridgehead atoms. The van der Waals surface area contributed by atoms with Crippen LogP contribution >= 0.6 is 0 Å². The van der Waals surface area contributed by atoms with Crippen LogP contribution in [0.1, 0.15) is 5.56 Å². The van der Waals surface area contributed by atoms with E-state index in [0.717, 1.165) is 11.6 Å². The van der Waals surface area contributed by atoms with Gasteiger partial charge in [0.05, 0.1) is 22.9 Å². The minimum atomic E-state index is -0.440. The number of amides is 1. The second-order valence-corrected chi connectivity index (χ2v) is 7.09. The van der Waals surface area contributed by atoms with Crippen molar-refractivity contribution in [3.05, 3.63) is 107 Å². The first-order valence-corrected chi connectivity index (χ1v) is 9.97. The topological polar surface area (TPSA) is 73.2 Å². The molecule has 160 valence electrons. The fourth-order valence-electron chi connectivity index (χ4n) is 3.23. The maximum atomic E-state index is 13.2. The highest BCUT2D eigenvalue weighted by atomic mass is 19.1. The van der Waals surface area contributed by atoms with Gasteiger partial charge in [-0.3, -0.25) is 14.2 Å². The van der Waals surface area contributed by atoms with E-state index in [-0.39, 0.29) is 11.3 Å². The molecule has 1 amide bonds. The first kappa shape index (κ1) is 21.0. The van der Waals surface area contributed by atoms with Gasteiger partial charge < -0.3 is 10.1 Å². The van der Waals surface area contributed by atoms with Gasteiger partial charge in [0.25, 0.3) is 5.56 Å². The summed E-state index contributed by atoms with van der Waals surface area (Å²) >= 11 is 0. The number of carbonyl (C=O) groups is 1. The van der Waals surface area contributed by atoms with E-state index in [4.69, 9.17) is 4.74 Å². The van der Waals surface area contributed by atoms with Gasteiger partial charge in [-0.05, 0) is 54.5 Å². The summed E-state index contributed by atoms with van der Waals surface area (Å²) in [5.41, 5.74) is 1.62. The van der Waals surface area contributed by atoms with Crippen LogP contribution in [0.3, 0.4) is 0 Å². The van der Waals surface area contributed by atoms with Gasteiger partial charge in [-0.1, -0.05) is 36.9 Å². The number of aromatic nitrogens is 2. The molecule has 7 heteroatoms. The summed E-state index contributed by atoms with van der Waals surface area (Å²) in [6.07, 6.45) is 3.30. The summed E-state index contributed by atoms with van der Waals surface area (Å²) in [4.78, 5) is 29.4. The standard InChI is InChI=1S/C25H20FN3O3/c1-2-24(30)28-22-15-21-20(14-23(22)32-19-10-8-18(26)9-11-19)25(31)29(16-27-21)13-12-17-6-4-3-5-7-17/h2-11,14-16H,1,12-13H2,(H,28,30). The predicted molar refractivity (Wildman–Crippen MR) is 121 cm³/mol. The SMILES string of the molecule is C=CC(=O)Nc1cc2ncn(CCc3ccccc3)c(=O)c2cc1Oc1ccc(F)cc1. The quantitative estimate of drug-likeness (QED) is 0.433. The molecule has 6 nitrogen and oxygen atoms in total. The third kappa shape index (κ3) is 4.73. The fraction of sp³-hybridized carbons (Fsp3) is 0.0800. The Labute approximate surface area is 183 Å². The monoisotopic (exact) mass is 429 g/mol. The number of halogens is 1. The van der Waals surface area contributed by atoms with E-state index in [1.54, 1.807) is 10.6 Å². The zero-order valence-electron chi connectivity index (χ0n) is 17.1. The lowest BCUT2D eigenvalue weighted by Crippen LogP contribution is -2.22. The molecule has 1 aromatic heterocycles. The summed E-state index contributed by atoms with van der Waals surface area (Å²) in [5, 5.41) is 3.00. The third-order valence-corrected chi connectivity index (χ3v) is 4.89. The summed E-state index contributed by atoms with van der Waals surface area (Å²) in [7, 11) is 0. The number of aryl methyl sites for hydroxylation is 2. The number of benzene rings is 3. The summed E-state index contributed by atoms with van der Waals surface area (Å²) < 4.78 is 20.6. The zero-order chi connectivity index (χ0) is 22.5. The number of hydrogen-bond donors (Lipinski definition) is 1. The van der Waals surface area contributed by atoms with Crippen LogP contribution in [0.25, 0.3) is 10.9 Å². The molecule has 0 fully saturated rings. The molecule has 0 aliphatic heterocycles. The van der Waals surface area contributed by atoms with Crippen LogP contribution in [0.15, 0.2) is 90.5 Å². The summed E-state index contributed by atoms with van der Waals surface area (Å²) in [6, 6.07) is 18.4. The van der Waals surface area contributed by atoms with Crippen molar-refractivity contribution in [1.29, 1.82) is 0 Å². The van der Waals surface area contributed by atoms with Crippen LogP contribution in [0, 0.1) is 5.82 Å². The van der Waals surface area contributed by atoms with Gasteiger partial charge in [0.15, 0.2) is 5.75 Å². The van der Waals surface area contributed by atoms with Crippen LogP contribution in [0.5, 0.6) is 11.5 Å². The van der Waals surface area contributed by atoms with Crippen LogP contribution in [-0.2, 0) is 17.8 Å². The molecule has 0 spiro atoms. The van der Waals surface area contributed by atoms with Crippen molar-refractivity contribution < 1.29 is 13.9 Å². The van der Waals surface area contributed by atoms with Crippen LogP contribution in [0.2, 0.25) is 0 Å². The van der Waals surface area contributed by atoms with Crippen LogP contribution in [0.4, 0.5) is 10.1 Å². The maximum Gasteiger partial charge on any atom is 0.261 e. The molecular weight excluding hydrogens is 409 g/mol. The molecule has 0 saturated carbocycles. The lowest BCUT2D eigenvalue weighted by molar-refractivity contribution is -0.111. The van der Waals surface area contributed by atoms with Gasteiger partial charge in [0.2, 0.25) is 5.91 Å². The van der Waals surface area contributed by atoms with Crippen LogP contribution < -0.4 is 15.6 Å². The largest absolute Gasteiger partial charge is 0.455 e. The molecule has 3 aromatic carbocycles. The minimum Gasteiger partial charge on any atom is -0.455 e. The summed E-state index contributed by atoms with van der Waals surface area (Å²) in [5.74, 6) is -0.252. The van der Waals surface area contributed by atoms with E-state index in [0.29, 0.717) is 35.3 Å². The summed E-state index contributed by atoms with van der Waals surface area (Å²) in [6.45, 7) is 3.92. The molecule has 4 rings (SSSR count). The second kappa shape index (κ2) is 9.26. The number of fused-ring (bicyclic) bond motifs is 1. The Hall–Kier alpha value is -4.26. The second-order valence-electron chi connectivity index (χ2n) is 7.09. The fourth-order valence-corrected chi connectivity index (χ4v) is 3.23. The average Bonchev–Trinajstić information content (AvgIpc) is 2.81. The van der Waals surface area contributed by atoms with E-state index in [2.05, 4.69) is 16.9 Å². The molecule has 0 saturated heterocycles. The van der Waals surface area contributed by atoms with Crippen molar-refractivity contribution in [3.63, 3.8) is 0 Å². The molecule has 0 aliphatic carbocycles. The van der Waals surface area contributed by atoms with Crippen molar-refractivity contribution >= 4 is 22.5 Å². The molecule has 0 unspecified atom stereocenters. The molecule has 1 heterocycles. The molecule has 0 atom stereocenters. The van der Waals surface area contributed by atoms with Crippen molar-refractivity contribution in [1.82, 2.24) is 9.55 Å². The lowest BCUT2D eigenvalue weighted by Gasteiger charge is -2.14. The number of anilines is 1. The number of rotatable bonds is 7. The van der Waals surface area contributed by atoms with Gasteiger partial charge >= 0.3 is 0 Å². The van der Waals surface area contributed by atoms with E-state index in [9.17, 15) is 14.0 Å². The number of nitrogens with one attached hydrogen (secondary N) is 1. The van der Waals surface area contributed by atoms with Gasteiger partial charge in [-0.2, -0.15) is 0 Å². The van der Waals surface area contributed by atoms with E-state index < -0.39 is 11.7 Å². The Morgan fingerprint density at radius 1 is 1.12 bits per heavy atom. The average molecular weight is 429 g/mol. The van der Waals surface area contributed by atoms with Crippen molar-refractivity contribution in [2.24, 2.45) is 0 Å². The molecule has 1 N–H and O–H groups in total. The number of hydrogen-bond acceptors (Lipinski definition) is 4. The van der Waals surface area contributed by atoms with Gasteiger partial charge in [-0.15, -0.1) is 0 Å². The highest BCUT2D eigenvalue weighted by Crippen LogP contribution is 2.32. The highest BCUT2D eigenvalue weighted by molar-refractivity contribution is 6.01. The minimum absolute atomic E-state index is 0.225. The number of nitrogens with zero attached hydrogens (tertiary/aromatic N) is 2. The van der Waals surface area contributed by atoms with Gasteiger partial charge in [-0.25, -0.2) is 9.37 Å². The Morgan fingerprint density at radius 2 is 1.88 bits per heavy atom. The Balaban J connectivity index is 1.72. The molecule has 0 radical (unpaired) electrons. The Kier molecular flexibility index (Phi) is 6.07. The molecule has 4 aromatic rings. The van der Waals surface area contributed by atoms with Gasteiger partial charge in [0, 0.05) is 6.54 Å². The van der Waals surface area contributed by atoms with Crippen molar-refractivity contribution in [2.45, 2.75) is 13.0 Å². The van der Waals surface area contributed by atoms with Crippen molar-refractivity contribution in [2.75, 3.05) is 5.32 Å². The number of ether oxygens (including phenoxy) is 1. The third-order valence-electron chi connectivity index (χ3n) is 4.89. The normalized spacial score (nSPS) is 10.7. The molecular formula is C25H20FN3O3. The number of carbonyl (C=O) groups excluding carboxylic acids is 1. The predicted octanol–water partition coefficient (Wildman–Crippen LogP) is 4.70. The van der Waals surface area contributed by atoms with E-state index in [1.165, 1.54) is 36.7 Å². The first-order chi connectivity index (χ1) is 15.5. The van der Waals surface area contributed by atoms with E-state index >= 15 is 0 Å². The highest BCUT2D eigenvalue weighted by Gasteiger charge is 2.14. The van der Waals surface area contributed by atoms with E-state index in [1.807, 2.05) is 30.3 Å². The Bertz CT molecular complexity index is 1330. The van der Waals surface area contributed by atoms with Crippen molar-refractivity contribution in [3.8, 4) is 11.5 Å². The Morgan fingerprint density at radius 3 is 2.59 bits per heavy atom. The van der Waals surface area contributed by atoms with Crippen LogP contribution in [-0.4, -0.2) is 15.5 Å². The zero-order valence-corrected chi connectivity index (χ0v) is 17.1. The molecule has 32 heavy (non-hydrogen) atoms. The first-order valence-electron chi connectivity index (χ1n) is 9.97. The maximum absolute atomic E-state index is 13.2. The lowest BCUT2D eigenvalue weighted by atomic mass is 10.1.